The van der Waals surface area contributed by atoms with Gasteiger partial charge in [-0.1, -0.05) is 18.2 Å². The molecule has 1 saturated carbocycles. The van der Waals surface area contributed by atoms with Crippen LogP contribution in [0.25, 0.3) is 0 Å². The zero-order valence-corrected chi connectivity index (χ0v) is 12.5. The highest BCUT2D eigenvalue weighted by atomic mass is 16.2. The van der Waals surface area contributed by atoms with E-state index in [9.17, 15) is 9.59 Å². The van der Waals surface area contributed by atoms with Gasteiger partial charge in [0.25, 0.3) is 0 Å². The summed E-state index contributed by atoms with van der Waals surface area (Å²) in [5.74, 6) is 0.0549. The van der Waals surface area contributed by atoms with Crippen molar-refractivity contribution in [3.05, 3.63) is 30.3 Å². The molecule has 0 spiro atoms. The number of carbonyl (C=O) groups excluding carboxylic acids is 2. The SMILES string of the molecule is CCN(C(=O)C1CC(=O)N(C2CCC2)C1)c1ccccc1. The molecule has 1 aromatic carbocycles. The summed E-state index contributed by atoms with van der Waals surface area (Å²) in [6, 6.07) is 10.1. The Morgan fingerprint density at radius 2 is 2.00 bits per heavy atom. The predicted octanol–water partition coefficient (Wildman–Crippen LogP) is 2.44. The third-order valence-electron chi connectivity index (χ3n) is 4.67. The average Bonchev–Trinajstić information content (AvgIpc) is 2.81. The maximum Gasteiger partial charge on any atom is 0.232 e. The standard InChI is InChI=1S/C17H22N2O2/c1-2-18(14-7-4-3-5-8-14)17(21)13-11-16(20)19(12-13)15-9-6-10-15/h3-5,7-8,13,15H,2,6,9-12H2,1H3. The van der Waals surface area contributed by atoms with Crippen LogP contribution in [0.2, 0.25) is 0 Å². The van der Waals surface area contributed by atoms with Gasteiger partial charge in [-0.2, -0.15) is 0 Å². The Balaban J connectivity index is 1.71. The van der Waals surface area contributed by atoms with E-state index in [1.807, 2.05) is 42.2 Å². The molecule has 2 amide bonds. The average molecular weight is 286 g/mol. The molecule has 1 aliphatic carbocycles. The summed E-state index contributed by atoms with van der Waals surface area (Å²) in [5, 5.41) is 0. The molecule has 4 heteroatoms. The number of carbonyl (C=O) groups is 2. The molecule has 2 fully saturated rings. The Morgan fingerprint density at radius 1 is 1.29 bits per heavy atom. The van der Waals surface area contributed by atoms with Crippen molar-refractivity contribution in [3.63, 3.8) is 0 Å². The van der Waals surface area contributed by atoms with Crippen LogP contribution in [0.3, 0.4) is 0 Å². The predicted molar refractivity (Wildman–Crippen MR) is 81.9 cm³/mol. The molecular weight excluding hydrogens is 264 g/mol. The van der Waals surface area contributed by atoms with Gasteiger partial charge in [0.1, 0.15) is 0 Å². The largest absolute Gasteiger partial charge is 0.339 e. The van der Waals surface area contributed by atoms with Crippen molar-refractivity contribution in [2.75, 3.05) is 18.0 Å². The molecule has 0 N–H and O–H groups in total. The summed E-state index contributed by atoms with van der Waals surface area (Å²) in [7, 11) is 0. The van der Waals surface area contributed by atoms with E-state index in [2.05, 4.69) is 0 Å². The Labute approximate surface area is 125 Å². The fourth-order valence-corrected chi connectivity index (χ4v) is 3.24. The van der Waals surface area contributed by atoms with Gasteiger partial charge in [0.05, 0.1) is 5.92 Å². The number of amides is 2. The van der Waals surface area contributed by atoms with Crippen molar-refractivity contribution >= 4 is 17.5 Å². The number of anilines is 1. The lowest BCUT2D eigenvalue weighted by Gasteiger charge is -2.35. The fraction of sp³-hybridized carbons (Fsp3) is 0.529. The Kier molecular flexibility index (Phi) is 3.95. The summed E-state index contributed by atoms with van der Waals surface area (Å²) in [6.07, 6.45) is 3.78. The molecular formula is C17H22N2O2. The lowest BCUT2D eigenvalue weighted by atomic mass is 9.92. The van der Waals surface area contributed by atoms with E-state index >= 15 is 0 Å². The van der Waals surface area contributed by atoms with Crippen molar-refractivity contribution in [1.82, 2.24) is 4.90 Å². The van der Waals surface area contributed by atoms with Crippen molar-refractivity contribution in [2.45, 2.75) is 38.6 Å². The highest BCUT2D eigenvalue weighted by molar-refractivity contribution is 5.99. The van der Waals surface area contributed by atoms with Crippen molar-refractivity contribution in [3.8, 4) is 0 Å². The summed E-state index contributed by atoms with van der Waals surface area (Å²) in [5.41, 5.74) is 0.916. The van der Waals surface area contributed by atoms with Crippen molar-refractivity contribution in [2.24, 2.45) is 5.92 Å². The lowest BCUT2D eigenvalue weighted by Crippen LogP contribution is -2.42. The first-order valence-electron chi connectivity index (χ1n) is 7.86. The topological polar surface area (TPSA) is 40.6 Å². The van der Waals surface area contributed by atoms with Gasteiger partial charge in [-0.3, -0.25) is 9.59 Å². The van der Waals surface area contributed by atoms with E-state index in [0.717, 1.165) is 18.5 Å². The van der Waals surface area contributed by atoms with Crippen LogP contribution in [0.5, 0.6) is 0 Å². The zero-order valence-electron chi connectivity index (χ0n) is 12.5. The number of nitrogens with zero attached hydrogens (tertiary/aromatic N) is 2. The van der Waals surface area contributed by atoms with Gasteiger partial charge >= 0.3 is 0 Å². The van der Waals surface area contributed by atoms with Crippen molar-refractivity contribution in [1.29, 1.82) is 0 Å². The Bertz CT molecular complexity index is 525. The Morgan fingerprint density at radius 3 is 2.57 bits per heavy atom. The zero-order chi connectivity index (χ0) is 14.8. The van der Waals surface area contributed by atoms with E-state index in [1.54, 1.807) is 4.90 Å². The molecule has 0 radical (unpaired) electrons. The Hall–Kier alpha value is -1.84. The van der Waals surface area contributed by atoms with Crippen LogP contribution in [-0.4, -0.2) is 35.8 Å². The second-order valence-electron chi connectivity index (χ2n) is 5.95. The van der Waals surface area contributed by atoms with Crippen LogP contribution >= 0.6 is 0 Å². The van der Waals surface area contributed by atoms with Crippen LogP contribution in [0.15, 0.2) is 30.3 Å². The van der Waals surface area contributed by atoms with Crippen molar-refractivity contribution < 1.29 is 9.59 Å². The van der Waals surface area contributed by atoms with E-state index in [0.29, 0.717) is 25.6 Å². The van der Waals surface area contributed by atoms with Crippen LogP contribution in [0, 0.1) is 5.92 Å². The lowest BCUT2D eigenvalue weighted by molar-refractivity contribution is -0.131. The maximum atomic E-state index is 12.7. The molecule has 0 aromatic heterocycles. The molecule has 0 bridgehead atoms. The third kappa shape index (κ3) is 2.67. The van der Waals surface area contributed by atoms with Gasteiger partial charge in [0.15, 0.2) is 0 Å². The van der Waals surface area contributed by atoms with Crippen LogP contribution in [0.4, 0.5) is 5.69 Å². The van der Waals surface area contributed by atoms with Crippen LogP contribution < -0.4 is 4.90 Å². The minimum atomic E-state index is -0.182. The maximum absolute atomic E-state index is 12.7. The molecule has 1 unspecified atom stereocenters. The molecule has 1 saturated heterocycles. The van der Waals surface area contributed by atoms with Gasteiger partial charge in [-0.05, 0) is 38.3 Å². The molecule has 2 aliphatic rings. The van der Waals surface area contributed by atoms with E-state index in [1.165, 1.54) is 6.42 Å². The van der Waals surface area contributed by atoms with Gasteiger partial charge < -0.3 is 9.80 Å². The first-order valence-corrected chi connectivity index (χ1v) is 7.86. The van der Waals surface area contributed by atoms with E-state index < -0.39 is 0 Å². The number of para-hydroxylation sites is 1. The van der Waals surface area contributed by atoms with E-state index in [4.69, 9.17) is 0 Å². The molecule has 1 atom stereocenters. The minimum Gasteiger partial charge on any atom is -0.339 e. The summed E-state index contributed by atoms with van der Waals surface area (Å²) >= 11 is 0. The van der Waals surface area contributed by atoms with Crippen LogP contribution in [0.1, 0.15) is 32.6 Å². The quantitative estimate of drug-likeness (QED) is 0.853. The highest BCUT2D eigenvalue weighted by Crippen LogP contribution is 2.31. The molecule has 1 aromatic rings. The summed E-state index contributed by atoms with van der Waals surface area (Å²) < 4.78 is 0. The molecule has 3 rings (SSSR count). The molecule has 1 heterocycles. The molecule has 4 nitrogen and oxygen atoms in total. The van der Waals surface area contributed by atoms with E-state index in [-0.39, 0.29) is 17.7 Å². The minimum absolute atomic E-state index is 0.0823. The number of hydrogen-bond donors (Lipinski definition) is 0. The third-order valence-corrected chi connectivity index (χ3v) is 4.67. The first-order chi connectivity index (χ1) is 10.2. The molecule has 1 aliphatic heterocycles. The first kappa shape index (κ1) is 14.1. The van der Waals surface area contributed by atoms with Gasteiger partial charge in [0.2, 0.25) is 11.8 Å². The second-order valence-corrected chi connectivity index (χ2v) is 5.95. The second kappa shape index (κ2) is 5.88. The summed E-state index contributed by atoms with van der Waals surface area (Å²) in [6.45, 7) is 3.22. The summed E-state index contributed by atoms with van der Waals surface area (Å²) in [4.78, 5) is 28.6. The van der Waals surface area contributed by atoms with Crippen LogP contribution in [-0.2, 0) is 9.59 Å². The van der Waals surface area contributed by atoms with Gasteiger partial charge in [-0.25, -0.2) is 0 Å². The van der Waals surface area contributed by atoms with Gasteiger partial charge in [-0.15, -0.1) is 0 Å². The number of likely N-dealkylation sites (tertiary alicyclic amines) is 1. The normalized spacial score (nSPS) is 22.2. The smallest absolute Gasteiger partial charge is 0.232 e. The number of benzene rings is 1. The monoisotopic (exact) mass is 286 g/mol. The molecule has 21 heavy (non-hydrogen) atoms. The number of hydrogen-bond acceptors (Lipinski definition) is 2. The molecule has 112 valence electrons. The fourth-order valence-electron chi connectivity index (χ4n) is 3.24. The highest BCUT2D eigenvalue weighted by Gasteiger charge is 2.40. The number of rotatable bonds is 4. The van der Waals surface area contributed by atoms with Gasteiger partial charge in [0, 0.05) is 31.2 Å².